The summed E-state index contributed by atoms with van der Waals surface area (Å²) in [5, 5.41) is 5.01. The number of hydrogen-bond acceptors (Lipinski definition) is 6. The second-order valence-electron chi connectivity index (χ2n) is 6.93. The quantitative estimate of drug-likeness (QED) is 0.407. The van der Waals surface area contributed by atoms with E-state index in [1.165, 1.54) is 21.3 Å². The van der Waals surface area contributed by atoms with Gasteiger partial charge in [-0.1, -0.05) is 30.3 Å². The van der Waals surface area contributed by atoms with Crippen molar-refractivity contribution in [1.82, 2.24) is 0 Å². The first-order valence-electron chi connectivity index (χ1n) is 9.93. The van der Waals surface area contributed by atoms with Crippen molar-refractivity contribution in [3.63, 3.8) is 0 Å². The van der Waals surface area contributed by atoms with E-state index in [2.05, 4.69) is 5.32 Å². The first-order chi connectivity index (χ1) is 15.6. The Balaban J connectivity index is 1.43. The normalized spacial score (nSPS) is 10.6. The Morgan fingerprint density at radius 2 is 1.56 bits per heavy atom. The summed E-state index contributed by atoms with van der Waals surface area (Å²) >= 11 is 0. The summed E-state index contributed by atoms with van der Waals surface area (Å²) in [6.07, 6.45) is 0. The van der Waals surface area contributed by atoms with Gasteiger partial charge in [0.15, 0.2) is 17.3 Å². The molecule has 1 heterocycles. The third-order valence-electron chi connectivity index (χ3n) is 4.91. The van der Waals surface area contributed by atoms with Crippen LogP contribution in [0.3, 0.4) is 0 Å². The van der Waals surface area contributed by atoms with E-state index in [1.807, 2.05) is 42.5 Å². The molecule has 0 aliphatic heterocycles. The molecule has 3 aromatic carbocycles. The van der Waals surface area contributed by atoms with Crippen LogP contribution < -0.4 is 24.3 Å². The number of methoxy groups -OCH3 is 3. The standard InChI is InChI=1S/C25H23NO6/c1-28-22-13-18(14-23(29-2)24(22)30-3)26-25(27)21-11-10-20(32-21)15-31-19-9-8-16-6-4-5-7-17(16)12-19/h4-14H,15H2,1-3H3,(H,26,27). The molecule has 0 radical (unpaired) electrons. The summed E-state index contributed by atoms with van der Waals surface area (Å²) in [5.41, 5.74) is 0.481. The Morgan fingerprint density at radius 3 is 2.25 bits per heavy atom. The van der Waals surface area contributed by atoms with Gasteiger partial charge in [0.2, 0.25) is 5.75 Å². The molecule has 7 nitrogen and oxygen atoms in total. The number of benzene rings is 3. The number of carbonyl (C=O) groups is 1. The lowest BCUT2D eigenvalue weighted by atomic mass is 10.1. The summed E-state index contributed by atoms with van der Waals surface area (Å²) in [5.74, 6) is 2.33. The van der Waals surface area contributed by atoms with Gasteiger partial charge in [-0.3, -0.25) is 4.79 Å². The van der Waals surface area contributed by atoms with Crippen LogP contribution in [-0.2, 0) is 6.61 Å². The third-order valence-corrected chi connectivity index (χ3v) is 4.91. The van der Waals surface area contributed by atoms with Crippen LogP contribution in [0, 0.1) is 0 Å². The zero-order valence-electron chi connectivity index (χ0n) is 18.0. The molecule has 1 aromatic heterocycles. The van der Waals surface area contributed by atoms with E-state index < -0.39 is 5.91 Å². The molecule has 0 aliphatic rings. The molecule has 0 unspecified atom stereocenters. The fourth-order valence-corrected chi connectivity index (χ4v) is 3.34. The predicted octanol–water partition coefficient (Wildman–Crippen LogP) is 5.29. The molecule has 164 valence electrons. The molecule has 4 rings (SSSR count). The highest BCUT2D eigenvalue weighted by Gasteiger charge is 2.17. The van der Waals surface area contributed by atoms with Crippen LogP contribution in [0.5, 0.6) is 23.0 Å². The maximum absolute atomic E-state index is 12.6. The van der Waals surface area contributed by atoms with Gasteiger partial charge in [0, 0.05) is 17.8 Å². The van der Waals surface area contributed by atoms with Crippen molar-refractivity contribution in [3.8, 4) is 23.0 Å². The average Bonchev–Trinajstić information content (AvgIpc) is 3.31. The van der Waals surface area contributed by atoms with Crippen LogP contribution in [0.1, 0.15) is 16.3 Å². The van der Waals surface area contributed by atoms with Crippen LogP contribution in [-0.4, -0.2) is 27.2 Å². The molecule has 0 saturated carbocycles. The second-order valence-corrected chi connectivity index (χ2v) is 6.93. The highest BCUT2D eigenvalue weighted by Crippen LogP contribution is 2.40. The molecule has 0 spiro atoms. The van der Waals surface area contributed by atoms with Crippen molar-refractivity contribution in [3.05, 3.63) is 78.3 Å². The molecule has 0 fully saturated rings. The average molecular weight is 433 g/mol. The predicted molar refractivity (Wildman–Crippen MR) is 121 cm³/mol. The van der Waals surface area contributed by atoms with Gasteiger partial charge in [-0.15, -0.1) is 0 Å². The van der Waals surface area contributed by atoms with E-state index in [1.54, 1.807) is 24.3 Å². The Morgan fingerprint density at radius 1 is 0.844 bits per heavy atom. The van der Waals surface area contributed by atoms with Crippen LogP contribution >= 0.6 is 0 Å². The lowest BCUT2D eigenvalue weighted by Crippen LogP contribution is -2.11. The van der Waals surface area contributed by atoms with Crippen molar-refractivity contribution in [2.24, 2.45) is 0 Å². The molecule has 0 atom stereocenters. The van der Waals surface area contributed by atoms with Crippen molar-refractivity contribution >= 4 is 22.4 Å². The van der Waals surface area contributed by atoms with E-state index >= 15 is 0 Å². The Hall–Kier alpha value is -4.13. The summed E-state index contributed by atoms with van der Waals surface area (Å²) < 4.78 is 27.4. The van der Waals surface area contributed by atoms with Crippen molar-refractivity contribution in [1.29, 1.82) is 0 Å². The first kappa shape index (κ1) is 21.1. The highest BCUT2D eigenvalue weighted by molar-refractivity contribution is 6.02. The van der Waals surface area contributed by atoms with Gasteiger partial charge in [0.05, 0.1) is 21.3 Å². The fourth-order valence-electron chi connectivity index (χ4n) is 3.34. The van der Waals surface area contributed by atoms with Crippen molar-refractivity contribution in [2.45, 2.75) is 6.61 Å². The number of rotatable bonds is 8. The molecule has 0 saturated heterocycles. The summed E-state index contributed by atoms with van der Waals surface area (Å²) in [7, 11) is 4.54. The molecule has 1 amide bonds. The number of amides is 1. The smallest absolute Gasteiger partial charge is 0.291 e. The summed E-state index contributed by atoms with van der Waals surface area (Å²) in [4.78, 5) is 12.6. The summed E-state index contributed by atoms with van der Waals surface area (Å²) in [6, 6.07) is 20.5. The number of hydrogen-bond donors (Lipinski definition) is 1. The van der Waals surface area contributed by atoms with Crippen LogP contribution in [0.25, 0.3) is 10.8 Å². The fraction of sp³-hybridized carbons (Fsp3) is 0.160. The highest BCUT2D eigenvalue weighted by atomic mass is 16.5. The lowest BCUT2D eigenvalue weighted by Gasteiger charge is -2.14. The van der Waals surface area contributed by atoms with E-state index in [4.69, 9.17) is 23.4 Å². The molecule has 0 aliphatic carbocycles. The summed E-state index contributed by atoms with van der Waals surface area (Å²) in [6.45, 7) is 0.204. The zero-order chi connectivity index (χ0) is 22.5. The van der Waals surface area contributed by atoms with E-state index in [0.717, 1.165) is 16.5 Å². The van der Waals surface area contributed by atoms with E-state index in [9.17, 15) is 4.79 Å². The Bertz CT molecular complexity index is 1220. The maximum atomic E-state index is 12.6. The van der Waals surface area contributed by atoms with Crippen molar-refractivity contribution < 1.29 is 28.2 Å². The van der Waals surface area contributed by atoms with Gasteiger partial charge in [-0.2, -0.15) is 0 Å². The van der Waals surface area contributed by atoms with Crippen molar-refractivity contribution in [2.75, 3.05) is 26.6 Å². The number of nitrogens with one attached hydrogen (secondary N) is 1. The van der Waals surface area contributed by atoms with Gasteiger partial charge < -0.3 is 28.7 Å². The minimum Gasteiger partial charge on any atom is -0.493 e. The van der Waals surface area contributed by atoms with Crippen LogP contribution in [0.2, 0.25) is 0 Å². The van der Waals surface area contributed by atoms with Crippen LogP contribution in [0.15, 0.2) is 71.1 Å². The minimum atomic E-state index is -0.406. The minimum absolute atomic E-state index is 0.163. The van der Waals surface area contributed by atoms with Gasteiger partial charge in [0.25, 0.3) is 5.91 Å². The van der Waals surface area contributed by atoms with E-state index in [-0.39, 0.29) is 12.4 Å². The first-order valence-corrected chi connectivity index (χ1v) is 9.93. The zero-order valence-corrected chi connectivity index (χ0v) is 18.0. The van der Waals surface area contributed by atoms with Gasteiger partial charge in [-0.05, 0) is 35.0 Å². The number of fused-ring (bicyclic) bond motifs is 1. The monoisotopic (exact) mass is 433 g/mol. The topological polar surface area (TPSA) is 79.2 Å². The molecule has 0 bridgehead atoms. The van der Waals surface area contributed by atoms with Gasteiger partial charge in [0.1, 0.15) is 18.1 Å². The molecule has 32 heavy (non-hydrogen) atoms. The Kier molecular flexibility index (Phi) is 6.17. The Labute approximate surface area is 185 Å². The third kappa shape index (κ3) is 4.46. The molecular weight excluding hydrogens is 410 g/mol. The second kappa shape index (κ2) is 9.34. The maximum Gasteiger partial charge on any atom is 0.291 e. The van der Waals surface area contributed by atoms with Gasteiger partial charge >= 0.3 is 0 Å². The molecular formula is C25H23NO6. The number of carbonyl (C=O) groups excluding carboxylic acids is 1. The largest absolute Gasteiger partial charge is 0.493 e. The van der Waals surface area contributed by atoms with Gasteiger partial charge in [-0.25, -0.2) is 0 Å². The number of furan rings is 1. The van der Waals surface area contributed by atoms with Crippen LogP contribution in [0.4, 0.5) is 5.69 Å². The number of ether oxygens (including phenoxy) is 4. The molecule has 7 heteroatoms. The SMILES string of the molecule is COc1cc(NC(=O)c2ccc(COc3ccc4ccccc4c3)o2)cc(OC)c1OC. The number of anilines is 1. The molecule has 1 N–H and O–H groups in total. The lowest BCUT2D eigenvalue weighted by molar-refractivity contribution is 0.0992. The van der Waals surface area contributed by atoms with E-state index in [0.29, 0.717) is 28.7 Å². The molecule has 4 aromatic rings.